The van der Waals surface area contributed by atoms with Gasteiger partial charge in [0, 0.05) is 32.8 Å². The van der Waals surface area contributed by atoms with Crippen molar-refractivity contribution in [3.05, 3.63) is 0 Å². The number of amides is 2. The number of hydrogen-bond donors (Lipinski definition) is 2. The van der Waals surface area contributed by atoms with Gasteiger partial charge < -0.3 is 20.1 Å². The SMILES string of the molecule is CC(CCCO)NC(=O)N(C)CC1CCCO1. The number of nitrogens with one attached hydrogen (secondary N) is 1. The lowest BCUT2D eigenvalue weighted by atomic mass is 10.2. The molecule has 2 amide bonds. The van der Waals surface area contributed by atoms with Crippen molar-refractivity contribution >= 4 is 6.03 Å². The molecule has 2 atom stereocenters. The van der Waals surface area contributed by atoms with Crippen LogP contribution in [0.1, 0.15) is 32.6 Å². The maximum Gasteiger partial charge on any atom is 0.317 e. The van der Waals surface area contributed by atoms with Gasteiger partial charge in [-0.15, -0.1) is 0 Å². The molecule has 5 nitrogen and oxygen atoms in total. The van der Waals surface area contributed by atoms with E-state index in [4.69, 9.17) is 9.84 Å². The van der Waals surface area contributed by atoms with E-state index >= 15 is 0 Å². The number of aliphatic hydroxyl groups excluding tert-OH is 1. The molecule has 0 saturated carbocycles. The third-order valence-electron chi connectivity index (χ3n) is 3.01. The predicted octanol–water partition coefficient (Wildman–Crippen LogP) is 0.968. The van der Waals surface area contributed by atoms with Crippen LogP contribution in [0.25, 0.3) is 0 Å². The number of aliphatic hydroxyl groups is 1. The van der Waals surface area contributed by atoms with E-state index in [1.807, 2.05) is 6.92 Å². The normalized spacial score (nSPS) is 21.2. The number of rotatable bonds is 6. The van der Waals surface area contributed by atoms with Crippen LogP contribution in [0.5, 0.6) is 0 Å². The Labute approximate surface area is 103 Å². The smallest absolute Gasteiger partial charge is 0.317 e. The van der Waals surface area contributed by atoms with E-state index in [2.05, 4.69) is 5.32 Å². The standard InChI is InChI=1S/C12H24N2O3/c1-10(5-3-7-15)13-12(16)14(2)9-11-6-4-8-17-11/h10-11,15H,3-9H2,1-2H3,(H,13,16). The molecule has 0 aromatic rings. The van der Waals surface area contributed by atoms with E-state index in [-0.39, 0.29) is 24.8 Å². The zero-order valence-corrected chi connectivity index (χ0v) is 10.8. The highest BCUT2D eigenvalue weighted by Crippen LogP contribution is 2.12. The van der Waals surface area contributed by atoms with Crippen LogP contribution in [-0.2, 0) is 4.74 Å². The van der Waals surface area contributed by atoms with E-state index in [1.54, 1.807) is 11.9 Å². The fraction of sp³-hybridized carbons (Fsp3) is 0.917. The zero-order chi connectivity index (χ0) is 12.7. The van der Waals surface area contributed by atoms with E-state index in [1.165, 1.54) is 0 Å². The van der Waals surface area contributed by atoms with Crippen molar-refractivity contribution in [1.82, 2.24) is 10.2 Å². The molecule has 0 aromatic heterocycles. The fourth-order valence-electron chi connectivity index (χ4n) is 1.97. The summed E-state index contributed by atoms with van der Waals surface area (Å²) < 4.78 is 5.49. The molecule has 2 unspecified atom stereocenters. The molecule has 2 N–H and O–H groups in total. The summed E-state index contributed by atoms with van der Waals surface area (Å²) in [5.41, 5.74) is 0. The molecule has 100 valence electrons. The lowest BCUT2D eigenvalue weighted by Gasteiger charge is -2.23. The third-order valence-corrected chi connectivity index (χ3v) is 3.01. The zero-order valence-electron chi connectivity index (χ0n) is 10.8. The first-order valence-corrected chi connectivity index (χ1v) is 6.37. The predicted molar refractivity (Wildman–Crippen MR) is 65.9 cm³/mol. The van der Waals surface area contributed by atoms with E-state index < -0.39 is 0 Å². The number of carbonyl (C=O) groups is 1. The molecule has 0 aromatic carbocycles. The van der Waals surface area contributed by atoms with Gasteiger partial charge >= 0.3 is 6.03 Å². The minimum Gasteiger partial charge on any atom is -0.396 e. The minimum absolute atomic E-state index is 0.0639. The first-order chi connectivity index (χ1) is 8.13. The van der Waals surface area contributed by atoms with Gasteiger partial charge in [-0.3, -0.25) is 0 Å². The Bertz CT molecular complexity index is 230. The first-order valence-electron chi connectivity index (χ1n) is 6.37. The lowest BCUT2D eigenvalue weighted by molar-refractivity contribution is 0.0870. The number of likely N-dealkylation sites (N-methyl/N-ethyl adjacent to an activating group) is 1. The second-order valence-corrected chi connectivity index (χ2v) is 4.73. The molecule has 5 heteroatoms. The summed E-state index contributed by atoms with van der Waals surface area (Å²) in [4.78, 5) is 13.5. The minimum atomic E-state index is -0.0639. The van der Waals surface area contributed by atoms with Crippen LogP contribution in [0.4, 0.5) is 4.79 Å². The largest absolute Gasteiger partial charge is 0.396 e. The van der Waals surface area contributed by atoms with Gasteiger partial charge in [0.1, 0.15) is 0 Å². The average molecular weight is 244 g/mol. The van der Waals surface area contributed by atoms with Crippen LogP contribution in [0.2, 0.25) is 0 Å². The Balaban J connectivity index is 2.20. The highest BCUT2D eigenvalue weighted by atomic mass is 16.5. The summed E-state index contributed by atoms with van der Waals surface area (Å²) in [7, 11) is 1.79. The maximum atomic E-state index is 11.8. The molecule has 1 heterocycles. The van der Waals surface area contributed by atoms with Crippen molar-refractivity contribution in [3.8, 4) is 0 Å². The maximum absolute atomic E-state index is 11.8. The molecule has 1 aliphatic rings. The lowest BCUT2D eigenvalue weighted by Crippen LogP contribution is -2.44. The van der Waals surface area contributed by atoms with E-state index in [0.29, 0.717) is 6.54 Å². The highest BCUT2D eigenvalue weighted by molar-refractivity contribution is 5.74. The topological polar surface area (TPSA) is 61.8 Å². The summed E-state index contributed by atoms with van der Waals surface area (Å²) in [6.45, 7) is 3.59. The van der Waals surface area contributed by atoms with Crippen molar-refractivity contribution in [2.45, 2.75) is 44.8 Å². The molecule has 1 rings (SSSR count). The Kier molecular flexibility index (Phi) is 6.29. The van der Waals surface area contributed by atoms with Gasteiger partial charge in [0.15, 0.2) is 0 Å². The van der Waals surface area contributed by atoms with Gasteiger partial charge in [0.25, 0.3) is 0 Å². The average Bonchev–Trinajstić information content (AvgIpc) is 2.78. The van der Waals surface area contributed by atoms with Crippen LogP contribution in [-0.4, -0.2) is 55.0 Å². The second kappa shape index (κ2) is 7.50. The summed E-state index contributed by atoms with van der Waals surface area (Å²) in [6, 6.07) is 0.0348. The van der Waals surface area contributed by atoms with Crippen LogP contribution < -0.4 is 5.32 Å². The Morgan fingerprint density at radius 2 is 2.41 bits per heavy atom. The first kappa shape index (κ1) is 14.3. The number of ether oxygens (including phenoxy) is 1. The summed E-state index contributed by atoms with van der Waals surface area (Å²) in [6.07, 6.45) is 3.84. The molecule has 17 heavy (non-hydrogen) atoms. The van der Waals surface area contributed by atoms with Gasteiger partial charge in [-0.25, -0.2) is 4.79 Å². The quantitative estimate of drug-likeness (QED) is 0.732. The number of carbonyl (C=O) groups excluding carboxylic acids is 1. The van der Waals surface area contributed by atoms with Gasteiger partial charge in [-0.2, -0.15) is 0 Å². The van der Waals surface area contributed by atoms with Crippen molar-refractivity contribution < 1.29 is 14.6 Å². The Hall–Kier alpha value is -0.810. The van der Waals surface area contributed by atoms with Crippen LogP contribution in [0.15, 0.2) is 0 Å². The van der Waals surface area contributed by atoms with Crippen molar-refractivity contribution in [2.24, 2.45) is 0 Å². The molecular formula is C12H24N2O3. The Morgan fingerprint density at radius 3 is 3.00 bits per heavy atom. The number of urea groups is 1. The van der Waals surface area contributed by atoms with Gasteiger partial charge in [0.05, 0.1) is 6.10 Å². The molecular weight excluding hydrogens is 220 g/mol. The monoisotopic (exact) mass is 244 g/mol. The van der Waals surface area contributed by atoms with Crippen LogP contribution in [0.3, 0.4) is 0 Å². The molecule has 0 bridgehead atoms. The van der Waals surface area contributed by atoms with Crippen molar-refractivity contribution in [2.75, 3.05) is 26.8 Å². The summed E-state index contributed by atoms with van der Waals surface area (Å²) in [5.74, 6) is 0. The van der Waals surface area contributed by atoms with E-state index in [9.17, 15) is 4.79 Å². The van der Waals surface area contributed by atoms with Gasteiger partial charge in [-0.1, -0.05) is 0 Å². The van der Waals surface area contributed by atoms with Crippen molar-refractivity contribution in [1.29, 1.82) is 0 Å². The molecule has 1 fully saturated rings. The number of hydrogen-bond acceptors (Lipinski definition) is 3. The summed E-state index contributed by atoms with van der Waals surface area (Å²) in [5, 5.41) is 11.6. The van der Waals surface area contributed by atoms with Crippen LogP contribution >= 0.6 is 0 Å². The van der Waals surface area contributed by atoms with E-state index in [0.717, 1.165) is 32.3 Å². The fourth-order valence-corrected chi connectivity index (χ4v) is 1.97. The van der Waals surface area contributed by atoms with Gasteiger partial charge in [0.2, 0.25) is 0 Å². The van der Waals surface area contributed by atoms with Crippen LogP contribution in [0, 0.1) is 0 Å². The molecule has 1 aliphatic heterocycles. The molecule has 0 spiro atoms. The molecule has 0 radical (unpaired) electrons. The Morgan fingerprint density at radius 1 is 1.65 bits per heavy atom. The molecule has 1 saturated heterocycles. The van der Waals surface area contributed by atoms with Crippen molar-refractivity contribution in [3.63, 3.8) is 0 Å². The number of nitrogens with zero attached hydrogens (tertiary/aromatic N) is 1. The third kappa shape index (κ3) is 5.37. The van der Waals surface area contributed by atoms with Gasteiger partial charge in [-0.05, 0) is 32.6 Å². The summed E-state index contributed by atoms with van der Waals surface area (Å²) >= 11 is 0. The highest BCUT2D eigenvalue weighted by Gasteiger charge is 2.20. The second-order valence-electron chi connectivity index (χ2n) is 4.73. The molecule has 0 aliphatic carbocycles.